The van der Waals surface area contributed by atoms with Crippen LogP contribution in [0.25, 0.3) is 0 Å². The van der Waals surface area contributed by atoms with E-state index in [2.05, 4.69) is 12.2 Å². The zero-order chi connectivity index (χ0) is 19.2. The summed E-state index contributed by atoms with van der Waals surface area (Å²) in [5.41, 5.74) is 2.82. The standard InChI is InChI=1S/C21H26N2O3S/c1-3-26-21(25)19-16-10-9-14(2)11-17(16)27-20(19)23-18(24)13-22-12-15-7-5-4-6-8-15/h4-8,14,22H,3,9-13H2,1-2H3,(H,23,24)/p+1. The van der Waals surface area contributed by atoms with E-state index < -0.39 is 0 Å². The molecule has 0 fully saturated rings. The lowest BCUT2D eigenvalue weighted by molar-refractivity contribution is -0.659. The Morgan fingerprint density at radius 3 is 2.81 bits per heavy atom. The molecule has 0 bridgehead atoms. The van der Waals surface area contributed by atoms with Crippen molar-refractivity contribution < 1.29 is 19.6 Å². The summed E-state index contributed by atoms with van der Waals surface area (Å²) in [5, 5.41) is 5.56. The Labute approximate surface area is 164 Å². The van der Waals surface area contributed by atoms with Crippen LogP contribution >= 0.6 is 11.3 Å². The number of benzene rings is 1. The minimum Gasteiger partial charge on any atom is -0.462 e. The lowest BCUT2D eigenvalue weighted by atomic mass is 9.88. The number of fused-ring (bicyclic) bond motifs is 1. The predicted molar refractivity (Wildman–Crippen MR) is 107 cm³/mol. The summed E-state index contributed by atoms with van der Waals surface area (Å²) >= 11 is 1.53. The van der Waals surface area contributed by atoms with Crippen LogP contribution in [0, 0.1) is 5.92 Å². The Morgan fingerprint density at radius 2 is 2.07 bits per heavy atom. The van der Waals surface area contributed by atoms with E-state index in [9.17, 15) is 9.59 Å². The Bertz CT molecular complexity index is 801. The lowest BCUT2D eigenvalue weighted by Gasteiger charge is -2.18. The number of ether oxygens (including phenoxy) is 1. The van der Waals surface area contributed by atoms with Gasteiger partial charge in [-0.05, 0) is 37.7 Å². The van der Waals surface area contributed by atoms with Crippen molar-refractivity contribution in [2.24, 2.45) is 5.92 Å². The minimum absolute atomic E-state index is 0.0943. The van der Waals surface area contributed by atoms with E-state index >= 15 is 0 Å². The zero-order valence-electron chi connectivity index (χ0n) is 15.9. The maximum absolute atomic E-state index is 12.5. The number of hydrogen-bond donors (Lipinski definition) is 2. The molecule has 1 atom stereocenters. The molecule has 0 radical (unpaired) electrons. The maximum atomic E-state index is 12.5. The molecule has 1 heterocycles. The Kier molecular flexibility index (Phi) is 6.63. The van der Waals surface area contributed by atoms with E-state index in [4.69, 9.17) is 4.74 Å². The highest BCUT2D eigenvalue weighted by atomic mass is 32.1. The highest BCUT2D eigenvalue weighted by Crippen LogP contribution is 2.40. The van der Waals surface area contributed by atoms with Crippen molar-refractivity contribution in [2.45, 2.75) is 39.7 Å². The highest BCUT2D eigenvalue weighted by molar-refractivity contribution is 7.17. The van der Waals surface area contributed by atoms with Crippen molar-refractivity contribution in [2.75, 3.05) is 18.5 Å². The zero-order valence-corrected chi connectivity index (χ0v) is 16.7. The highest BCUT2D eigenvalue weighted by Gasteiger charge is 2.29. The summed E-state index contributed by atoms with van der Waals surface area (Å²) in [7, 11) is 0. The van der Waals surface area contributed by atoms with Gasteiger partial charge in [0.05, 0.1) is 12.2 Å². The van der Waals surface area contributed by atoms with Crippen LogP contribution in [0.1, 0.15) is 46.6 Å². The topological polar surface area (TPSA) is 72.0 Å². The van der Waals surface area contributed by atoms with Gasteiger partial charge in [0, 0.05) is 10.4 Å². The van der Waals surface area contributed by atoms with Gasteiger partial charge in [0.15, 0.2) is 6.54 Å². The van der Waals surface area contributed by atoms with E-state index in [0.29, 0.717) is 29.6 Å². The normalized spacial score (nSPS) is 15.9. The van der Waals surface area contributed by atoms with Gasteiger partial charge in [-0.3, -0.25) is 4.79 Å². The fraction of sp³-hybridized carbons (Fsp3) is 0.429. The molecule has 1 amide bonds. The van der Waals surface area contributed by atoms with Gasteiger partial charge in [-0.15, -0.1) is 11.3 Å². The molecule has 2 aromatic rings. The Hall–Kier alpha value is -2.18. The second-order valence-corrected chi connectivity index (χ2v) is 8.11. The van der Waals surface area contributed by atoms with E-state index in [1.54, 1.807) is 6.92 Å². The predicted octanol–water partition coefficient (Wildman–Crippen LogP) is 2.75. The number of amides is 1. The van der Waals surface area contributed by atoms with Gasteiger partial charge in [-0.25, -0.2) is 4.79 Å². The number of rotatable bonds is 7. The molecule has 0 saturated carbocycles. The molecule has 3 N–H and O–H groups in total. The first-order valence-corrected chi connectivity index (χ1v) is 10.4. The lowest BCUT2D eigenvalue weighted by Crippen LogP contribution is -2.84. The van der Waals surface area contributed by atoms with Gasteiger partial charge in [-0.1, -0.05) is 37.3 Å². The van der Waals surface area contributed by atoms with Crippen LogP contribution in [0.15, 0.2) is 30.3 Å². The van der Waals surface area contributed by atoms with Crippen LogP contribution in [0.3, 0.4) is 0 Å². The average molecular weight is 388 g/mol. The number of carbonyl (C=O) groups excluding carboxylic acids is 2. The van der Waals surface area contributed by atoms with Crippen LogP contribution < -0.4 is 10.6 Å². The number of anilines is 1. The van der Waals surface area contributed by atoms with Crippen LogP contribution in [-0.4, -0.2) is 25.0 Å². The SMILES string of the molecule is CCOC(=O)c1c(NC(=O)C[NH2+]Cc2ccccc2)sc2c1CCC(C)C2. The van der Waals surface area contributed by atoms with Crippen LogP contribution in [0.2, 0.25) is 0 Å². The van der Waals surface area contributed by atoms with Gasteiger partial charge < -0.3 is 15.4 Å². The van der Waals surface area contributed by atoms with Gasteiger partial charge in [-0.2, -0.15) is 0 Å². The molecule has 0 aliphatic heterocycles. The number of quaternary nitrogens is 1. The molecule has 1 aromatic heterocycles. The van der Waals surface area contributed by atoms with Crippen molar-refractivity contribution in [3.8, 4) is 0 Å². The molecule has 27 heavy (non-hydrogen) atoms. The molecular formula is C21H27N2O3S+. The van der Waals surface area contributed by atoms with Crippen molar-refractivity contribution >= 4 is 28.2 Å². The quantitative estimate of drug-likeness (QED) is 0.718. The van der Waals surface area contributed by atoms with E-state index in [1.807, 2.05) is 35.6 Å². The van der Waals surface area contributed by atoms with Crippen molar-refractivity contribution in [3.05, 3.63) is 51.9 Å². The number of hydrogen-bond acceptors (Lipinski definition) is 4. The number of nitrogens with one attached hydrogen (secondary N) is 1. The summed E-state index contributed by atoms with van der Waals surface area (Å²) in [5.74, 6) is 0.185. The molecule has 5 nitrogen and oxygen atoms in total. The first kappa shape index (κ1) is 19.6. The summed E-state index contributed by atoms with van der Waals surface area (Å²) in [4.78, 5) is 26.1. The average Bonchev–Trinajstić information content (AvgIpc) is 2.99. The summed E-state index contributed by atoms with van der Waals surface area (Å²) in [6.45, 7) is 5.42. The molecule has 1 aliphatic rings. The molecule has 6 heteroatoms. The molecule has 1 aromatic carbocycles. The monoisotopic (exact) mass is 387 g/mol. The van der Waals surface area contributed by atoms with Crippen LogP contribution in [0.4, 0.5) is 5.00 Å². The molecule has 0 saturated heterocycles. The molecule has 0 spiro atoms. The van der Waals surface area contributed by atoms with E-state index in [-0.39, 0.29) is 11.9 Å². The second-order valence-electron chi connectivity index (χ2n) is 7.01. The molecule has 144 valence electrons. The number of carbonyl (C=O) groups is 2. The van der Waals surface area contributed by atoms with Gasteiger partial charge >= 0.3 is 5.97 Å². The molecule has 3 rings (SSSR count). The summed E-state index contributed by atoms with van der Waals surface area (Å²) < 4.78 is 5.25. The van der Waals surface area contributed by atoms with Crippen molar-refractivity contribution in [3.63, 3.8) is 0 Å². The number of thiophene rings is 1. The van der Waals surface area contributed by atoms with Gasteiger partial charge in [0.25, 0.3) is 5.91 Å². The smallest absolute Gasteiger partial charge is 0.341 e. The number of esters is 1. The van der Waals surface area contributed by atoms with E-state index in [1.165, 1.54) is 21.8 Å². The van der Waals surface area contributed by atoms with E-state index in [0.717, 1.165) is 31.4 Å². The largest absolute Gasteiger partial charge is 0.462 e. The Morgan fingerprint density at radius 1 is 1.30 bits per heavy atom. The first-order chi connectivity index (χ1) is 13.1. The van der Waals surface area contributed by atoms with Crippen molar-refractivity contribution in [1.29, 1.82) is 0 Å². The summed E-state index contributed by atoms with van der Waals surface area (Å²) in [6, 6.07) is 10.0. The second kappa shape index (κ2) is 9.15. The van der Waals surface area contributed by atoms with Gasteiger partial charge in [0.1, 0.15) is 11.5 Å². The number of nitrogens with two attached hydrogens (primary N) is 1. The molecule has 1 unspecified atom stereocenters. The summed E-state index contributed by atoms with van der Waals surface area (Å²) in [6.07, 6.45) is 2.90. The molecular weight excluding hydrogens is 360 g/mol. The third kappa shape index (κ3) is 4.96. The third-order valence-corrected chi connectivity index (χ3v) is 5.97. The maximum Gasteiger partial charge on any atom is 0.341 e. The van der Waals surface area contributed by atoms with Gasteiger partial charge in [0.2, 0.25) is 0 Å². The fourth-order valence-corrected chi connectivity index (χ4v) is 4.83. The third-order valence-electron chi connectivity index (χ3n) is 4.80. The fourth-order valence-electron chi connectivity index (χ4n) is 3.42. The van der Waals surface area contributed by atoms with Crippen LogP contribution in [-0.2, 0) is 28.9 Å². The molecule has 1 aliphatic carbocycles. The first-order valence-electron chi connectivity index (χ1n) is 9.55. The van der Waals surface area contributed by atoms with Crippen molar-refractivity contribution in [1.82, 2.24) is 0 Å². The van der Waals surface area contributed by atoms with Crippen LogP contribution in [0.5, 0.6) is 0 Å². The minimum atomic E-state index is -0.326. The Balaban J connectivity index is 1.67.